The third-order valence-corrected chi connectivity index (χ3v) is 4.04. The first-order chi connectivity index (χ1) is 9.78. The fourth-order valence-electron chi connectivity index (χ4n) is 3.00. The van der Waals surface area contributed by atoms with E-state index in [1.54, 1.807) is 0 Å². The molecule has 1 aromatic heterocycles. The van der Waals surface area contributed by atoms with Crippen molar-refractivity contribution in [2.24, 2.45) is 0 Å². The fourth-order valence-corrected chi connectivity index (χ4v) is 3.00. The molecular weight excluding hydrogens is 254 g/mol. The molecule has 0 radical (unpaired) electrons. The number of fused-ring (bicyclic) bond motifs is 1. The van der Waals surface area contributed by atoms with E-state index >= 15 is 0 Å². The van der Waals surface area contributed by atoms with Gasteiger partial charge in [-0.05, 0) is 37.9 Å². The second-order valence-corrected chi connectivity index (χ2v) is 5.43. The molecule has 1 atom stereocenters. The molecule has 5 nitrogen and oxygen atoms in total. The molecule has 0 bridgehead atoms. The average molecular weight is 275 g/mol. The molecule has 0 amide bonds. The van der Waals surface area contributed by atoms with Crippen LogP contribution in [0.25, 0.3) is 11.1 Å². The Kier molecular flexibility index (Phi) is 3.89. The maximum atomic E-state index is 9.17. The maximum absolute atomic E-state index is 9.17. The van der Waals surface area contributed by atoms with E-state index < -0.39 is 0 Å². The van der Waals surface area contributed by atoms with Gasteiger partial charge in [0.2, 0.25) is 5.89 Å². The Morgan fingerprint density at radius 3 is 3.10 bits per heavy atom. The van der Waals surface area contributed by atoms with Crippen LogP contribution in [0.3, 0.4) is 0 Å². The second-order valence-electron chi connectivity index (χ2n) is 5.43. The van der Waals surface area contributed by atoms with Crippen molar-refractivity contribution in [3.63, 3.8) is 0 Å². The summed E-state index contributed by atoms with van der Waals surface area (Å²) in [6.07, 6.45) is 4.40. The van der Waals surface area contributed by atoms with Gasteiger partial charge < -0.3 is 15.3 Å². The van der Waals surface area contributed by atoms with Gasteiger partial charge in [-0.1, -0.05) is 12.5 Å². The van der Waals surface area contributed by atoms with Gasteiger partial charge >= 0.3 is 0 Å². The number of nitrogens with zero attached hydrogens (tertiary/aromatic N) is 2. The number of hydrogen-bond acceptors (Lipinski definition) is 5. The van der Waals surface area contributed by atoms with Crippen LogP contribution in [0.4, 0.5) is 5.69 Å². The highest BCUT2D eigenvalue weighted by Gasteiger charge is 2.23. The summed E-state index contributed by atoms with van der Waals surface area (Å²) < 4.78 is 5.78. The molecule has 1 saturated heterocycles. The summed E-state index contributed by atoms with van der Waals surface area (Å²) in [5, 5.41) is 9.17. The van der Waals surface area contributed by atoms with Crippen molar-refractivity contribution in [3.8, 4) is 0 Å². The lowest BCUT2D eigenvalue weighted by atomic mass is 10.00. The van der Waals surface area contributed by atoms with E-state index in [-0.39, 0.29) is 6.61 Å². The van der Waals surface area contributed by atoms with E-state index in [2.05, 4.69) is 9.88 Å². The zero-order valence-electron chi connectivity index (χ0n) is 11.6. The number of rotatable bonds is 4. The van der Waals surface area contributed by atoms with Crippen molar-refractivity contribution >= 4 is 16.8 Å². The van der Waals surface area contributed by atoms with E-state index in [4.69, 9.17) is 10.2 Å². The van der Waals surface area contributed by atoms with Gasteiger partial charge in [0.05, 0.1) is 12.2 Å². The van der Waals surface area contributed by atoms with E-state index in [0.29, 0.717) is 24.2 Å². The number of piperidine rings is 1. The number of aliphatic hydroxyl groups excluding tert-OH is 1. The average Bonchev–Trinajstić information content (AvgIpc) is 2.85. The van der Waals surface area contributed by atoms with Crippen LogP contribution in [-0.4, -0.2) is 34.2 Å². The summed E-state index contributed by atoms with van der Waals surface area (Å²) in [5.41, 5.74) is 8.06. The third kappa shape index (κ3) is 2.64. The number of hydrogen-bond donors (Lipinski definition) is 2. The SMILES string of the molecule is Nc1cccc2oc(CN3CCCCC3CCO)nc12. The smallest absolute Gasteiger partial charge is 0.209 e. The number of anilines is 1. The van der Waals surface area contributed by atoms with Crippen LogP contribution in [0.15, 0.2) is 22.6 Å². The van der Waals surface area contributed by atoms with Crippen LogP contribution in [-0.2, 0) is 6.54 Å². The highest BCUT2D eigenvalue weighted by atomic mass is 16.3. The summed E-state index contributed by atoms with van der Waals surface area (Å²) in [7, 11) is 0. The fraction of sp³-hybridized carbons (Fsp3) is 0.533. The molecule has 0 saturated carbocycles. The Balaban J connectivity index is 1.79. The Morgan fingerprint density at radius 2 is 2.30 bits per heavy atom. The molecule has 2 heterocycles. The zero-order valence-corrected chi connectivity index (χ0v) is 11.6. The van der Waals surface area contributed by atoms with Crippen molar-refractivity contribution in [1.29, 1.82) is 0 Å². The summed E-state index contributed by atoms with van der Waals surface area (Å²) in [4.78, 5) is 6.87. The molecule has 0 aliphatic carbocycles. The number of oxazole rings is 1. The first kappa shape index (κ1) is 13.4. The minimum atomic E-state index is 0.238. The summed E-state index contributed by atoms with van der Waals surface area (Å²) in [6.45, 7) is 1.97. The molecule has 3 rings (SSSR count). The molecule has 20 heavy (non-hydrogen) atoms. The van der Waals surface area contributed by atoms with Gasteiger partial charge in [-0.25, -0.2) is 4.98 Å². The zero-order chi connectivity index (χ0) is 13.9. The lowest BCUT2D eigenvalue weighted by Gasteiger charge is -2.34. The summed E-state index contributed by atoms with van der Waals surface area (Å²) in [5.74, 6) is 0.711. The monoisotopic (exact) mass is 275 g/mol. The number of aliphatic hydroxyl groups is 1. The number of benzene rings is 1. The van der Waals surface area contributed by atoms with Gasteiger partial charge in [0.1, 0.15) is 5.52 Å². The number of aromatic nitrogens is 1. The molecule has 3 N–H and O–H groups in total. The van der Waals surface area contributed by atoms with Gasteiger partial charge in [-0.2, -0.15) is 0 Å². The van der Waals surface area contributed by atoms with Crippen molar-refractivity contribution in [1.82, 2.24) is 9.88 Å². The molecule has 1 unspecified atom stereocenters. The van der Waals surface area contributed by atoms with E-state index in [0.717, 1.165) is 30.5 Å². The van der Waals surface area contributed by atoms with Crippen molar-refractivity contribution in [2.75, 3.05) is 18.9 Å². The van der Waals surface area contributed by atoms with Gasteiger partial charge in [0, 0.05) is 12.6 Å². The number of para-hydroxylation sites is 1. The maximum Gasteiger partial charge on any atom is 0.209 e. The van der Waals surface area contributed by atoms with Gasteiger partial charge in [0.15, 0.2) is 5.58 Å². The van der Waals surface area contributed by atoms with Crippen LogP contribution in [0, 0.1) is 0 Å². The van der Waals surface area contributed by atoms with Gasteiger partial charge in [-0.3, -0.25) is 4.90 Å². The van der Waals surface area contributed by atoms with Crippen molar-refractivity contribution in [2.45, 2.75) is 38.3 Å². The summed E-state index contributed by atoms with van der Waals surface area (Å²) >= 11 is 0. The first-order valence-electron chi connectivity index (χ1n) is 7.27. The largest absolute Gasteiger partial charge is 0.439 e. The van der Waals surface area contributed by atoms with E-state index in [1.807, 2.05) is 18.2 Å². The van der Waals surface area contributed by atoms with E-state index in [9.17, 15) is 5.11 Å². The molecule has 0 spiro atoms. The minimum absolute atomic E-state index is 0.238. The molecule has 1 fully saturated rings. The normalized spacial score (nSPS) is 20.6. The van der Waals surface area contributed by atoms with Gasteiger partial charge in [0.25, 0.3) is 0 Å². The number of likely N-dealkylation sites (tertiary alicyclic amines) is 1. The second kappa shape index (κ2) is 5.81. The summed E-state index contributed by atoms with van der Waals surface area (Å²) in [6, 6.07) is 6.04. The third-order valence-electron chi connectivity index (χ3n) is 4.04. The Hall–Kier alpha value is -1.59. The van der Waals surface area contributed by atoms with E-state index in [1.165, 1.54) is 12.8 Å². The highest BCUT2D eigenvalue weighted by molar-refractivity contribution is 5.85. The molecular formula is C15H21N3O2. The topological polar surface area (TPSA) is 75.5 Å². The Labute approximate surface area is 118 Å². The Bertz CT molecular complexity index is 580. The Morgan fingerprint density at radius 1 is 1.40 bits per heavy atom. The number of nitrogen functional groups attached to an aromatic ring is 1. The van der Waals surface area contributed by atoms with Gasteiger partial charge in [-0.15, -0.1) is 0 Å². The lowest BCUT2D eigenvalue weighted by Crippen LogP contribution is -2.39. The lowest BCUT2D eigenvalue weighted by molar-refractivity contribution is 0.104. The molecule has 1 aliphatic heterocycles. The molecule has 108 valence electrons. The molecule has 1 aromatic carbocycles. The quantitative estimate of drug-likeness (QED) is 0.836. The molecule has 1 aliphatic rings. The molecule has 5 heteroatoms. The van der Waals surface area contributed by atoms with Crippen LogP contribution in [0.5, 0.6) is 0 Å². The minimum Gasteiger partial charge on any atom is -0.439 e. The van der Waals surface area contributed by atoms with Crippen molar-refractivity contribution in [3.05, 3.63) is 24.1 Å². The van der Waals surface area contributed by atoms with Crippen LogP contribution < -0.4 is 5.73 Å². The number of nitrogens with two attached hydrogens (primary N) is 1. The first-order valence-corrected chi connectivity index (χ1v) is 7.27. The molecule has 2 aromatic rings. The standard InChI is InChI=1S/C15H21N3O2/c16-12-5-3-6-13-15(12)17-14(20-13)10-18-8-2-1-4-11(18)7-9-19/h3,5-6,11,19H,1-2,4,7-10,16H2. The predicted octanol–water partition coefficient (Wildman–Crippen LogP) is 2.15. The van der Waals surface area contributed by atoms with Crippen molar-refractivity contribution < 1.29 is 9.52 Å². The highest BCUT2D eigenvalue weighted by Crippen LogP contribution is 2.25. The van der Waals surface area contributed by atoms with Crippen LogP contribution in [0.1, 0.15) is 31.6 Å². The van der Waals surface area contributed by atoms with Crippen LogP contribution in [0.2, 0.25) is 0 Å². The van der Waals surface area contributed by atoms with Crippen LogP contribution >= 0.6 is 0 Å². The predicted molar refractivity (Wildman–Crippen MR) is 78.2 cm³/mol.